The average Bonchev–Trinajstić information content (AvgIpc) is 3.33. The highest BCUT2D eigenvalue weighted by Crippen LogP contribution is 2.30. The van der Waals surface area contributed by atoms with Crippen molar-refractivity contribution < 1.29 is 9.21 Å². The number of benzene rings is 5. The number of nitrogens with one attached hydrogen (secondary N) is 1. The lowest BCUT2D eigenvalue weighted by Crippen LogP contribution is -2.12. The summed E-state index contributed by atoms with van der Waals surface area (Å²) < 4.78 is 6.94. The lowest BCUT2D eigenvalue weighted by Gasteiger charge is -2.09. The summed E-state index contributed by atoms with van der Waals surface area (Å²) in [6, 6.07) is 35.4. The maximum atomic E-state index is 13.1. The Morgan fingerprint density at radius 2 is 1.43 bits per heavy atom. The first-order valence-electron chi connectivity index (χ1n) is 11.2. The fraction of sp³-hybridized carbons (Fsp3) is 0. The summed E-state index contributed by atoms with van der Waals surface area (Å²) in [7, 11) is 0. The van der Waals surface area contributed by atoms with Crippen LogP contribution >= 0.6 is 15.9 Å². The molecular weight excluding hydrogens is 500 g/mol. The zero-order valence-corrected chi connectivity index (χ0v) is 20.1. The maximum absolute atomic E-state index is 13.1. The van der Waals surface area contributed by atoms with E-state index >= 15 is 0 Å². The van der Waals surface area contributed by atoms with Gasteiger partial charge in [0.2, 0.25) is 5.89 Å². The standard InChI is InChI=1S/C30H19BrN2O2/c31-26-11-5-8-23-24(26)9-4-10-25(23)29(34)32-22-16-17-28-27(18-22)33-30(35-28)21-14-12-20(13-15-21)19-6-2-1-3-7-19/h1-18H,(H,32,34). The van der Waals surface area contributed by atoms with Gasteiger partial charge >= 0.3 is 0 Å². The molecule has 5 heteroatoms. The van der Waals surface area contributed by atoms with E-state index in [1.54, 1.807) is 0 Å². The van der Waals surface area contributed by atoms with E-state index in [9.17, 15) is 4.79 Å². The van der Waals surface area contributed by atoms with Gasteiger partial charge in [0.25, 0.3) is 5.91 Å². The zero-order valence-electron chi connectivity index (χ0n) is 18.5. The molecular formula is C30H19BrN2O2. The monoisotopic (exact) mass is 518 g/mol. The summed E-state index contributed by atoms with van der Waals surface area (Å²) in [5.41, 5.74) is 5.82. The fourth-order valence-electron chi connectivity index (χ4n) is 4.23. The number of hydrogen-bond donors (Lipinski definition) is 1. The van der Waals surface area contributed by atoms with E-state index in [2.05, 4.69) is 50.5 Å². The van der Waals surface area contributed by atoms with Crippen LogP contribution in [0.15, 0.2) is 118 Å². The second kappa shape index (κ2) is 8.85. The molecule has 6 rings (SSSR count). The van der Waals surface area contributed by atoms with Gasteiger partial charge in [-0.3, -0.25) is 4.79 Å². The van der Waals surface area contributed by atoms with Crippen molar-refractivity contribution in [3.05, 3.63) is 119 Å². The first-order chi connectivity index (χ1) is 17.2. The molecule has 35 heavy (non-hydrogen) atoms. The van der Waals surface area contributed by atoms with Crippen LogP contribution in [0.5, 0.6) is 0 Å². The topological polar surface area (TPSA) is 55.1 Å². The van der Waals surface area contributed by atoms with E-state index < -0.39 is 0 Å². The molecule has 0 bridgehead atoms. The summed E-state index contributed by atoms with van der Waals surface area (Å²) in [5.74, 6) is 0.371. The minimum atomic E-state index is -0.173. The Morgan fingerprint density at radius 3 is 2.26 bits per heavy atom. The van der Waals surface area contributed by atoms with Gasteiger partial charge in [-0.15, -0.1) is 0 Å². The number of nitrogens with zero attached hydrogens (tertiary/aromatic N) is 1. The predicted octanol–water partition coefficient (Wildman–Crippen LogP) is 8.33. The number of carbonyl (C=O) groups excluding carboxylic acids is 1. The lowest BCUT2D eigenvalue weighted by molar-refractivity contribution is 0.102. The number of carbonyl (C=O) groups is 1. The van der Waals surface area contributed by atoms with Crippen LogP contribution in [-0.4, -0.2) is 10.9 Å². The number of rotatable bonds is 4. The molecule has 5 aromatic carbocycles. The van der Waals surface area contributed by atoms with Crippen LogP contribution in [0.25, 0.3) is 44.5 Å². The molecule has 0 radical (unpaired) electrons. The van der Waals surface area contributed by atoms with Crippen molar-refractivity contribution >= 4 is 49.4 Å². The third-order valence-corrected chi connectivity index (χ3v) is 6.69. The smallest absolute Gasteiger partial charge is 0.256 e. The van der Waals surface area contributed by atoms with E-state index in [1.807, 2.05) is 84.9 Å². The van der Waals surface area contributed by atoms with Crippen molar-refractivity contribution in [2.75, 3.05) is 5.32 Å². The second-order valence-corrected chi connectivity index (χ2v) is 9.09. The molecule has 0 atom stereocenters. The van der Waals surface area contributed by atoms with Crippen molar-refractivity contribution in [1.82, 2.24) is 4.98 Å². The Balaban J connectivity index is 1.27. The normalized spacial score (nSPS) is 11.1. The van der Waals surface area contributed by atoms with Crippen molar-refractivity contribution in [1.29, 1.82) is 0 Å². The molecule has 0 aliphatic heterocycles. The fourth-order valence-corrected chi connectivity index (χ4v) is 4.73. The van der Waals surface area contributed by atoms with E-state index in [0.29, 0.717) is 28.2 Å². The van der Waals surface area contributed by atoms with Crippen molar-refractivity contribution in [2.45, 2.75) is 0 Å². The maximum Gasteiger partial charge on any atom is 0.256 e. The molecule has 0 spiro atoms. The summed E-state index contributed by atoms with van der Waals surface area (Å²) in [6.45, 7) is 0. The summed E-state index contributed by atoms with van der Waals surface area (Å²) in [6.07, 6.45) is 0. The average molecular weight is 519 g/mol. The number of amides is 1. The third-order valence-electron chi connectivity index (χ3n) is 6.00. The number of halogens is 1. The van der Waals surface area contributed by atoms with Gasteiger partial charge in [0.15, 0.2) is 5.58 Å². The minimum absolute atomic E-state index is 0.173. The molecule has 4 nitrogen and oxygen atoms in total. The molecule has 1 N–H and O–H groups in total. The Morgan fingerprint density at radius 1 is 0.714 bits per heavy atom. The van der Waals surface area contributed by atoms with Crippen LogP contribution in [0.3, 0.4) is 0 Å². The first-order valence-corrected chi connectivity index (χ1v) is 12.0. The Labute approximate surface area is 210 Å². The molecule has 0 unspecified atom stereocenters. The molecule has 0 aliphatic carbocycles. The molecule has 1 amide bonds. The molecule has 6 aromatic rings. The molecule has 1 aromatic heterocycles. The molecule has 0 fully saturated rings. The molecule has 0 aliphatic rings. The van der Waals surface area contributed by atoms with Gasteiger partial charge in [-0.1, -0.05) is 82.7 Å². The second-order valence-electron chi connectivity index (χ2n) is 8.24. The van der Waals surface area contributed by atoms with Crippen LogP contribution in [0.4, 0.5) is 5.69 Å². The van der Waals surface area contributed by atoms with E-state index in [1.165, 1.54) is 0 Å². The number of aromatic nitrogens is 1. The highest BCUT2D eigenvalue weighted by Gasteiger charge is 2.14. The van der Waals surface area contributed by atoms with Crippen molar-refractivity contribution in [2.24, 2.45) is 0 Å². The van der Waals surface area contributed by atoms with Gasteiger partial charge in [0.1, 0.15) is 5.52 Å². The van der Waals surface area contributed by atoms with E-state index in [4.69, 9.17) is 4.42 Å². The SMILES string of the molecule is O=C(Nc1ccc2oc(-c3ccc(-c4ccccc4)cc3)nc2c1)c1cccc2c(Br)cccc12. The molecule has 1 heterocycles. The van der Waals surface area contributed by atoms with Crippen molar-refractivity contribution in [3.63, 3.8) is 0 Å². The van der Waals surface area contributed by atoms with Gasteiger partial charge in [-0.25, -0.2) is 4.98 Å². The quantitative estimate of drug-likeness (QED) is 0.255. The predicted molar refractivity (Wildman–Crippen MR) is 144 cm³/mol. The highest BCUT2D eigenvalue weighted by molar-refractivity contribution is 9.10. The Bertz CT molecular complexity index is 1690. The van der Waals surface area contributed by atoms with E-state index in [0.717, 1.165) is 31.9 Å². The first kappa shape index (κ1) is 21.3. The van der Waals surface area contributed by atoms with Gasteiger partial charge in [0, 0.05) is 21.3 Å². The molecule has 0 saturated heterocycles. The Kier molecular flexibility index (Phi) is 5.39. The Hall–Kier alpha value is -4.22. The summed E-state index contributed by atoms with van der Waals surface area (Å²) in [4.78, 5) is 17.7. The minimum Gasteiger partial charge on any atom is -0.436 e. The molecule has 0 saturated carbocycles. The van der Waals surface area contributed by atoms with E-state index in [-0.39, 0.29) is 5.91 Å². The zero-order chi connectivity index (χ0) is 23.8. The van der Waals surface area contributed by atoms with Crippen LogP contribution in [0, 0.1) is 0 Å². The summed E-state index contributed by atoms with van der Waals surface area (Å²) in [5, 5.41) is 4.89. The largest absolute Gasteiger partial charge is 0.436 e. The van der Waals surface area contributed by atoms with Gasteiger partial charge in [0.05, 0.1) is 0 Å². The number of fused-ring (bicyclic) bond motifs is 2. The van der Waals surface area contributed by atoms with Crippen LogP contribution in [-0.2, 0) is 0 Å². The number of anilines is 1. The van der Waals surface area contributed by atoms with Crippen LogP contribution in [0.2, 0.25) is 0 Å². The van der Waals surface area contributed by atoms with Gasteiger partial charge in [-0.2, -0.15) is 0 Å². The number of hydrogen-bond acceptors (Lipinski definition) is 3. The third kappa shape index (κ3) is 4.11. The van der Waals surface area contributed by atoms with Gasteiger partial charge < -0.3 is 9.73 Å². The summed E-state index contributed by atoms with van der Waals surface area (Å²) >= 11 is 3.56. The van der Waals surface area contributed by atoms with Crippen LogP contribution < -0.4 is 5.32 Å². The highest BCUT2D eigenvalue weighted by atomic mass is 79.9. The van der Waals surface area contributed by atoms with Gasteiger partial charge in [-0.05, 0) is 64.4 Å². The van der Waals surface area contributed by atoms with Crippen LogP contribution in [0.1, 0.15) is 10.4 Å². The number of oxazole rings is 1. The molecule has 168 valence electrons. The lowest BCUT2D eigenvalue weighted by atomic mass is 10.0. The van der Waals surface area contributed by atoms with Crippen molar-refractivity contribution in [3.8, 4) is 22.6 Å².